The Labute approximate surface area is 236 Å². The third kappa shape index (κ3) is 6.52. The molecule has 0 bridgehead atoms. The maximum Gasteiger partial charge on any atom is 0.354 e. The number of nitrogens with zero attached hydrogens (tertiary/aromatic N) is 3. The summed E-state index contributed by atoms with van der Waals surface area (Å²) in [6.07, 6.45) is 5.13. The van der Waals surface area contributed by atoms with Gasteiger partial charge in [-0.05, 0) is 80.6 Å². The molecule has 2 atom stereocenters. The number of aromatic nitrogens is 3. The minimum Gasteiger partial charge on any atom is -0.370 e. The van der Waals surface area contributed by atoms with Crippen molar-refractivity contribution >= 4 is 28.6 Å². The van der Waals surface area contributed by atoms with Crippen molar-refractivity contribution in [3.8, 4) is 16.9 Å². The Morgan fingerprint density at radius 2 is 2.02 bits per heavy atom. The first-order valence-corrected chi connectivity index (χ1v) is 13.9. The third-order valence-corrected chi connectivity index (χ3v) is 7.33. The Bertz CT molecular complexity index is 1580. The van der Waals surface area contributed by atoms with Gasteiger partial charge >= 0.3 is 5.69 Å². The van der Waals surface area contributed by atoms with E-state index in [1.165, 1.54) is 4.57 Å². The van der Waals surface area contributed by atoms with Gasteiger partial charge in [0, 0.05) is 35.8 Å². The Morgan fingerprint density at radius 3 is 2.75 bits per heavy atom. The van der Waals surface area contributed by atoms with Gasteiger partial charge in [-0.25, -0.2) is 9.18 Å². The van der Waals surface area contributed by atoms with Gasteiger partial charge in [-0.15, -0.1) is 0 Å². The SMILES string of the molecule is C[C@H](N)CCCc1cc(Cl)c(F)c(-c2cc3cn(-c4ccc(CNCC[C@@H]5CN=C(N)N5)cc4)c(=O)nc3[nH]2)c1. The van der Waals surface area contributed by atoms with Crippen LogP contribution < -0.4 is 27.8 Å². The molecule has 9 nitrogen and oxygen atoms in total. The fraction of sp³-hybridized carbons (Fsp3) is 0.345. The number of nitrogens with one attached hydrogen (secondary N) is 3. The Hall–Kier alpha value is -3.73. The quantitative estimate of drug-likeness (QED) is 0.176. The van der Waals surface area contributed by atoms with E-state index < -0.39 is 11.5 Å². The lowest BCUT2D eigenvalue weighted by Gasteiger charge is -2.11. The largest absolute Gasteiger partial charge is 0.370 e. The summed E-state index contributed by atoms with van der Waals surface area (Å²) in [5, 5.41) is 7.31. The van der Waals surface area contributed by atoms with Crippen molar-refractivity contribution in [1.29, 1.82) is 0 Å². The molecule has 0 unspecified atom stereocenters. The fourth-order valence-corrected chi connectivity index (χ4v) is 5.14. The summed E-state index contributed by atoms with van der Waals surface area (Å²) in [7, 11) is 0. The van der Waals surface area contributed by atoms with Gasteiger partial charge < -0.3 is 27.1 Å². The van der Waals surface area contributed by atoms with Crippen LogP contribution in [-0.2, 0) is 13.0 Å². The minimum atomic E-state index is -0.513. The van der Waals surface area contributed by atoms with E-state index in [0.717, 1.165) is 43.4 Å². The molecule has 0 amide bonds. The lowest BCUT2D eigenvalue weighted by molar-refractivity contribution is 0.552. The monoisotopic (exact) mass is 564 g/mol. The molecule has 11 heteroatoms. The Balaban J connectivity index is 1.29. The molecule has 5 rings (SSSR count). The zero-order chi connectivity index (χ0) is 28.2. The normalized spacial score (nSPS) is 15.8. The molecule has 210 valence electrons. The zero-order valence-corrected chi connectivity index (χ0v) is 23.1. The molecule has 0 spiro atoms. The first-order valence-electron chi connectivity index (χ1n) is 13.5. The number of nitrogens with two attached hydrogens (primary N) is 2. The molecular formula is C29H34ClFN8O. The third-order valence-electron chi connectivity index (χ3n) is 7.06. The van der Waals surface area contributed by atoms with Crippen LogP contribution in [0.3, 0.4) is 0 Å². The minimum absolute atomic E-state index is 0.0583. The average molecular weight is 565 g/mol. The van der Waals surface area contributed by atoms with Crippen LogP contribution >= 0.6 is 11.6 Å². The smallest absolute Gasteiger partial charge is 0.354 e. The van der Waals surface area contributed by atoms with Gasteiger partial charge in [0.15, 0.2) is 11.8 Å². The number of aromatic amines is 1. The summed E-state index contributed by atoms with van der Waals surface area (Å²) >= 11 is 6.23. The van der Waals surface area contributed by atoms with Crippen LogP contribution in [0.4, 0.5) is 4.39 Å². The predicted molar refractivity (Wildman–Crippen MR) is 158 cm³/mol. The molecule has 3 heterocycles. The van der Waals surface area contributed by atoms with E-state index in [1.807, 2.05) is 31.2 Å². The molecule has 0 radical (unpaired) electrons. The van der Waals surface area contributed by atoms with E-state index >= 15 is 4.39 Å². The van der Waals surface area contributed by atoms with Crippen LogP contribution in [0, 0.1) is 5.82 Å². The molecule has 0 fully saturated rings. The molecule has 7 N–H and O–H groups in total. The molecule has 2 aromatic carbocycles. The number of halogens is 2. The number of aliphatic imine (C=N–C) groups is 1. The highest BCUT2D eigenvalue weighted by atomic mass is 35.5. The second kappa shape index (κ2) is 12.2. The van der Waals surface area contributed by atoms with Crippen LogP contribution in [0.2, 0.25) is 5.02 Å². The van der Waals surface area contributed by atoms with Crippen LogP contribution in [0.5, 0.6) is 0 Å². The second-order valence-electron chi connectivity index (χ2n) is 10.4. The summed E-state index contributed by atoms with van der Waals surface area (Å²) in [5.41, 5.74) is 15.0. The van der Waals surface area contributed by atoms with E-state index in [-0.39, 0.29) is 17.1 Å². The molecule has 1 aliphatic rings. The molecule has 0 saturated heterocycles. The van der Waals surface area contributed by atoms with E-state index in [9.17, 15) is 4.79 Å². The molecule has 1 aliphatic heterocycles. The van der Waals surface area contributed by atoms with E-state index in [0.29, 0.717) is 47.0 Å². The van der Waals surface area contributed by atoms with Gasteiger partial charge in [0.2, 0.25) is 0 Å². The van der Waals surface area contributed by atoms with Crippen molar-refractivity contribution in [2.75, 3.05) is 13.1 Å². The van der Waals surface area contributed by atoms with Gasteiger partial charge in [0.1, 0.15) is 5.65 Å². The molecular weight excluding hydrogens is 531 g/mol. The molecule has 2 aromatic heterocycles. The van der Waals surface area contributed by atoms with E-state index in [2.05, 4.69) is 25.6 Å². The number of aryl methyl sites for hydroxylation is 1. The van der Waals surface area contributed by atoms with Crippen molar-refractivity contribution in [3.05, 3.63) is 81.1 Å². The fourth-order valence-electron chi connectivity index (χ4n) is 4.89. The van der Waals surface area contributed by atoms with Gasteiger partial charge in [-0.2, -0.15) is 4.98 Å². The number of hydrogen-bond acceptors (Lipinski definition) is 7. The summed E-state index contributed by atoms with van der Waals surface area (Å²) in [6, 6.07) is 13.3. The topological polar surface area (TPSA) is 139 Å². The van der Waals surface area contributed by atoms with Crippen molar-refractivity contribution < 1.29 is 4.39 Å². The maximum absolute atomic E-state index is 15.0. The van der Waals surface area contributed by atoms with Crippen LogP contribution in [0.15, 0.2) is 58.4 Å². The summed E-state index contributed by atoms with van der Waals surface area (Å²) in [6.45, 7) is 4.21. The Kier molecular flexibility index (Phi) is 8.49. The number of guanidine groups is 1. The average Bonchev–Trinajstić information content (AvgIpc) is 3.53. The van der Waals surface area contributed by atoms with Crippen molar-refractivity contribution in [2.24, 2.45) is 16.5 Å². The highest BCUT2D eigenvalue weighted by Crippen LogP contribution is 2.31. The lowest BCUT2D eigenvalue weighted by Crippen LogP contribution is -2.36. The van der Waals surface area contributed by atoms with Crippen LogP contribution in [0.1, 0.15) is 37.3 Å². The summed E-state index contributed by atoms with van der Waals surface area (Å²) in [4.78, 5) is 24.3. The van der Waals surface area contributed by atoms with E-state index in [4.69, 9.17) is 23.1 Å². The maximum atomic E-state index is 15.0. The number of H-pyrrole nitrogens is 1. The van der Waals surface area contributed by atoms with Gasteiger partial charge in [0.25, 0.3) is 0 Å². The standard InChI is InChI=1S/C29H34ClFN8O/c1-17(32)3-2-4-19-11-23(26(31)24(30)12-19)25-13-20-16-39(29(40)38-27(20)37-25)22-7-5-18(6-8-22)14-34-10-9-21-15-35-28(33)36-21/h5-8,11-13,16-17,21,34H,2-4,9-10,14-15,32H2,1H3,(H3,33,35,36)(H,37,38,40)/t17-,21+/m0/s1. The van der Waals surface area contributed by atoms with Gasteiger partial charge in [-0.1, -0.05) is 23.7 Å². The number of benzene rings is 2. The van der Waals surface area contributed by atoms with Crippen molar-refractivity contribution in [3.63, 3.8) is 0 Å². The van der Waals surface area contributed by atoms with Crippen LogP contribution in [-0.4, -0.2) is 45.7 Å². The molecule has 0 aliphatic carbocycles. The number of fused-ring (bicyclic) bond motifs is 1. The highest BCUT2D eigenvalue weighted by Gasteiger charge is 2.16. The highest BCUT2D eigenvalue weighted by molar-refractivity contribution is 6.31. The Morgan fingerprint density at radius 1 is 1.23 bits per heavy atom. The van der Waals surface area contributed by atoms with Crippen molar-refractivity contribution in [2.45, 2.75) is 51.2 Å². The summed E-state index contributed by atoms with van der Waals surface area (Å²) < 4.78 is 16.5. The molecule has 0 saturated carbocycles. The summed E-state index contributed by atoms with van der Waals surface area (Å²) in [5.74, 6) is -0.00513. The second-order valence-corrected chi connectivity index (χ2v) is 10.8. The molecule has 4 aromatic rings. The number of rotatable bonds is 11. The lowest BCUT2D eigenvalue weighted by atomic mass is 10.0. The first-order chi connectivity index (χ1) is 19.3. The van der Waals surface area contributed by atoms with Crippen molar-refractivity contribution in [1.82, 2.24) is 25.2 Å². The predicted octanol–water partition coefficient (Wildman–Crippen LogP) is 3.61. The van der Waals surface area contributed by atoms with Gasteiger partial charge in [0.05, 0.1) is 22.9 Å². The molecule has 40 heavy (non-hydrogen) atoms. The first kappa shape index (κ1) is 27.8. The zero-order valence-electron chi connectivity index (χ0n) is 22.4. The number of hydrogen-bond donors (Lipinski definition) is 5. The van der Waals surface area contributed by atoms with E-state index in [1.54, 1.807) is 24.4 Å². The van der Waals surface area contributed by atoms with Gasteiger partial charge in [-0.3, -0.25) is 9.56 Å². The van der Waals surface area contributed by atoms with Crippen LogP contribution in [0.25, 0.3) is 28.0 Å².